The standard InChI is InChI=1S/C13H17NO2S/c15-13(16)9-14-10-5-7-12(8-6-10)17-11-3-1-2-4-11/h5-8,11,14H,1-4,9H2,(H,15,16). The van der Waals surface area contributed by atoms with Crippen LogP contribution in [0.1, 0.15) is 25.7 Å². The highest BCUT2D eigenvalue weighted by Crippen LogP contribution is 2.34. The summed E-state index contributed by atoms with van der Waals surface area (Å²) in [5, 5.41) is 12.2. The lowest BCUT2D eigenvalue weighted by atomic mass is 10.3. The minimum Gasteiger partial charge on any atom is -0.480 e. The van der Waals surface area contributed by atoms with Gasteiger partial charge in [0.2, 0.25) is 0 Å². The Bertz CT molecular complexity index is 372. The monoisotopic (exact) mass is 251 g/mol. The fraction of sp³-hybridized carbons (Fsp3) is 0.462. The van der Waals surface area contributed by atoms with Crippen LogP contribution in [0.25, 0.3) is 0 Å². The van der Waals surface area contributed by atoms with Crippen molar-refractivity contribution in [2.75, 3.05) is 11.9 Å². The Hall–Kier alpha value is -1.16. The number of thioether (sulfide) groups is 1. The van der Waals surface area contributed by atoms with E-state index in [4.69, 9.17) is 5.11 Å². The molecule has 2 rings (SSSR count). The highest BCUT2D eigenvalue weighted by atomic mass is 32.2. The molecular weight excluding hydrogens is 234 g/mol. The minimum atomic E-state index is -0.839. The van der Waals surface area contributed by atoms with Crippen LogP contribution in [0.4, 0.5) is 5.69 Å². The van der Waals surface area contributed by atoms with Crippen LogP contribution in [0.3, 0.4) is 0 Å². The lowest BCUT2D eigenvalue weighted by molar-refractivity contribution is -0.134. The second-order valence-corrected chi connectivity index (χ2v) is 5.67. The van der Waals surface area contributed by atoms with E-state index in [2.05, 4.69) is 17.4 Å². The molecule has 1 fully saturated rings. The number of hydrogen-bond acceptors (Lipinski definition) is 3. The van der Waals surface area contributed by atoms with E-state index >= 15 is 0 Å². The summed E-state index contributed by atoms with van der Waals surface area (Å²) in [5.41, 5.74) is 0.864. The van der Waals surface area contributed by atoms with Gasteiger partial charge in [0, 0.05) is 15.8 Å². The third kappa shape index (κ3) is 3.97. The van der Waals surface area contributed by atoms with Gasteiger partial charge >= 0.3 is 5.97 Å². The molecule has 4 heteroatoms. The number of aliphatic carboxylic acids is 1. The van der Waals surface area contributed by atoms with Crippen LogP contribution >= 0.6 is 11.8 Å². The first-order valence-corrected chi connectivity index (χ1v) is 6.84. The molecule has 0 atom stereocenters. The third-order valence-corrected chi connectivity index (χ3v) is 4.25. The minimum absolute atomic E-state index is 0.0326. The van der Waals surface area contributed by atoms with Gasteiger partial charge in [0.25, 0.3) is 0 Å². The summed E-state index contributed by atoms with van der Waals surface area (Å²) in [4.78, 5) is 11.7. The Morgan fingerprint density at radius 2 is 1.94 bits per heavy atom. The van der Waals surface area contributed by atoms with Gasteiger partial charge in [0.1, 0.15) is 6.54 Å². The molecule has 0 heterocycles. The molecule has 0 spiro atoms. The fourth-order valence-corrected chi connectivity index (χ4v) is 3.27. The maximum atomic E-state index is 10.4. The van der Waals surface area contributed by atoms with Crippen LogP contribution in [0, 0.1) is 0 Å². The zero-order valence-electron chi connectivity index (χ0n) is 9.69. The van der Waals surface area contributed by atoms with Gasteiger partial charge in [0.15, 0.2) is 0 Å². The Balaban J connectivity index is 1.86. The van der Waals surface area contributed by atoms with E-state index in [-0.39, 0.29) is 6.54 Å². The number of nitrogens with one attached hydrogen (secondary N) is 1. The zero-order valence-corrected chi connectivity index (χ0v) is 10.5. The van der Waals surface area contributed by atoms with E-state index in [0.717, 1.165) is 10.9 Å². The van der Waals surface area contributed by atoms with E-state index in [1.165, 1.54) is 30.6 Å². The summed E-state index contributed by atoms with van der Waals surface area (Å²) in [6.45, 7) is -0.0326. The number of anilines is 1. The molecule has 0 amide bonds. The van der Waals surface area contributed by atoms with Crippen molar-refractivity contribution < 1.29 is 9.90 Å². The Morgan fingerprint density at radius 1 is 1.29 bits per heavy atom. The highest BCUT2D eigenvalue weighted by molar-refractivity contribution is 8.00. The van der Waals surface area contributed by atoms with Crippen molar-refractivity contribution in [1.82, 2.24) is 0 Å². The van der Waals surface area contributed by atoms with Crippen molar-refractivity contribution in [1.29, 1.82) is 0 Å². The average molecular weight is 251 g/mol. The summed E-state index contributed by atoms with van der Waals surface area (Å²) in [7, 11) is 0. The first-order chi connectivity index (χ1) is 8.24. The molecule has 0 radical (unpaired) electrons. The van der Waals surface area contributed by atoms with E-state index in [1.54, 1.807) is 0 Å². The number of rotatable bonds is 5. The van der Waals surface area contributed by atoms with Gasteiger partial charge in [-0.3, -0.25) is 4.79 Å². The van der Waals surface area contributed by atoms with Crippen LogP contribution < -0.4 is 5.32 Å². The van der Waals surface area contributed by atoms with Crippen LogP contribution in [0.15, 0.2) is 29.2 Å². The summed E-state index contributed by atoms with van der Waals surface area (Å²) >= 11 is 1.94. The predicted molar refractivity (Wildman–Crippen MR) is 70.7 cm³/mol. The van der Waals surface area contributed by atoms with E-state index < -0.39 is 5.97 Å². The van der Waals surface area contributed by atoms with E-state index in [9.17, 15) is 4.79 Å². The summed E-state index contributed by atoms with van der Waals surface area (Å²) < 4.78 is 0. The van der Waals surface area contributed by atoms with Crippen LogP contribution in [-0.2, 0) is 4.79 Å². The molecule has 2 N–H and O–H groups in total. The molecule has 3 nitrogen and oxygen atoms in total. The van der Waals surface area contributed by atoms with Gasteiger partial charge in [0.05, 0.1) is 0 Å². The second-order valence-electron chi connectivity index (χ2n) is 4.30. The summed E-state index contributed by atoms with van der Waals surface area (Å²) in [6.07, 6.45) is 5.36. The van der Waals surface area contributed by atoms with Crippen molar-refractivity contribution >= 4 is 23.4 Å². The number of carboxylic acids is 1. The molecule has 0 unspecified atom stereocenters. The number of hydrogen-bond donors (Lipinski definition) is 2. The fourth-order valence-electron chi connectivity index (χ4n) is 2.03. The van der Waals surface area contributed by atoms with Crippen molar-refractivity contribution in [2.45, 2.75) is 35.8 Å². The van der Waals surface area contributed by atoms with E-state index in [0.29, 0.717) is 0 Å². The second kappa shape index (κ2) is 5.96. The molecule has 0 bridgehead atoms. The van der Waals surface area contributed by atoms with Gasteiger partial charge in [-0.2, -0.15) is 0 Å². The van der Waals surface area contributed by atoms with Gasteiger partial charge in [-0.25, -0.2) is 0 Å². The van der Waals surface area contributed by atoms with Crippen molar-refractivity contribution in [3.63, 3.8) is 0 Å². The maximum Gasteiger partial charge on any atom is 0.322 e. The van der Waals surface area contributed by atoms with Crippen LogP contribution in [0.2, 0.25) is 0 Å². The largest absolute Gasteiger partial charge is 0.480 e. The lowest BCUT2D eigenvalue weighted by Crippen LogP contribution is -2.12. The third-order valence-electron chi connectivity index (χ3n) is 2.90. The lowest BCUT2D eigenvalue weighted by Gasteiger charge is -2.09. The maximum absolute atomic E-state index is 10.4. The number of carbonyl (C=O) groups is 1. The Kier molecular flexibility index (Phi) is 4.31. The molecule has 1 aliphatic carbocycles. The molecule has 1 saturated carbocycles. The van der Waals surface area contributed by atoms with Crippen molar-refractivity contribution in [3.8, 4) is 0 Å². The molecule has 1 aromatic carbocycles. The molecule has 92 valence electrons. The SMILES string of the molecule is O=C(O)CNc1ccc(SC2CCCC2)cc1. The molecule has 0 aromatic heterocycles. The number of benzene rings is 1. The smallest absolute Gasteiger partial charge is 0.322 e. The molecular formula is C13H17NO2S. The first-order valence-electron chi connectivity index (χ1n) is 5.96. The van der Waals surface area contributed by atoms with Gasteiger partial charge in [-0.15, -0.1) is 11.8 Å². The Morgan fingerprint density at radius 3 is 2.53 bits per heavy atom. The van der Waals surface area contributed by atoms with E-state index in [1.807, 2.05) is 23.9 Å². The van der Waals surface area contributed by atoms with Crippen LogP contribution in [-0.4, -0.2) is 22.9 Å². The van der Waals surface area contributed by atoms with Gasteiger partial charge < -0.3 is 10.4 Å². The molecule has 0 aliphatic heterocycles. The molecule has 1 aromatic rings. The summed E-state index contributed by atoms with van der Waals surface area (Å²) in [5.74, 6) is -0.839. The van der Waals surface area contributed by atoms with Crippen molar-refractivity contribution in [3.05, 3.63) is 24.3 Å². The predicted octanol–water partition coefficient (Wildman–Crippen LogP) is 3.22. The highest BCUT2D eigenvalue weighted by Gasteiger charge is 2.15. The molecule has 17 heavy (non-hydrogen) atoms. The van der Waals surface area contributed by atoms with Crippen molar-refractivity contribution in [2.24, 2.45) is 0 Å². The first kappa shape index (κ1) is 12.3. The average Bonchev–Trinajstić information content (AvgIpc) is 2.81. The molecule has 0 saturated heterocycles. The normalized spacial score (nSPS) is 16.0. The number of carboxylic acid groups (broad SMARTS) is 1. The summed E-state index contributed by atoms with van der Waals surface area (Å²) in [6, 6.07) is 8.01. The van der Waals surface area contributed by atoms with Crippen LogP contribution in [0.5, 0.6) is 0 Å². The Labute approximate surface area is 106 Å². The van der Waals surface area contributed by atoms with Gasteiger partial charge in [-0.1, -0.05) is 12.8 Å². The quantitative estimate of drug-likeness (QED) is 0.843. The van der Waals surface area contributed by atoms with Gasteiger partial charge in [-0.05, 0) is 37.1 Å². The molecule has 1 aliphatic rings. The topological polar surface area (TPSA) is 49.3 Å². The zero-order chi connectivity index (χ0) is 12.1.